The largest absolute Gasteiger partial charge is 0.497 e. The highest BCUT2D eigenvalue weighted by Gasteiger charge is 2.40. The predicted molar refractivity (Wildman–Crippen MR) is 123 cm³/mol. The number of nitrogens with one attached hydrogen (secondary N) is 2. The van der Waals surface area contributed by atoms with Crippen molar-refractivity contribution in [2.75, 3.05) is 29.2 Å². The molecule has 1 unspecified atom stereocenters. The zero-order valence-electron chi connectivity index (χ0n) is 17.6. The van der Waals surface area contributed by atoms with E-state index in [-0.39, 0.29) is 22.4 Å². The maximum atomic E-state index is 13.0. The summed E-state index contributed by atoms with van der Waals surface area (Å²) in [6.45, 7) is 0. The topological polar surface area (TPSA) is 127 Å². The van der Waals surface area contributed by atoms with Crippen LogP contribution in [0.25, 0.3) is 0 Å². The van der Waals surface area contributed by atoms with Crippen molar-refractivity contribution < 1.29 is 27.5 Å². The summed E-state index contributed by atoms with van der Waals surface area (Å²) in [5, 5.41) is 4.93. The second kappa shape index (κ2) is 9.08. The van der Waals surface area contributed by atoms with E-state index in [1.54, 1.807) is 23.6 Å². The van der Waals surface area contributed by atoms with Crippen LogP contribution in [0.3, 0.4) is 0 Å². The third-order valence-corrected chi connectivity index (χ3v) is 7.11. The second-order valence-electron chi connectivity index (χ2n) is 6.97. The number of methoxy groups -OCH3 is 2. The van der Waals surface area contributed by atoms with E-state index in [0.29, 0.717) is 22.9 Å². The number of anilines is 3. The van der Waals surface area contributed by atoms with Crippen LogP contribution in [0.2, 0.25) is 0 Å². The molecule has 1 aliphatic rings. The molecule has 1 aliphatic heterocycles. The van der Waals surface area contributed by atoms with Crippen molar-refractivity contribution in [2.24, 2.45) is 0 Å². The fraction of sp³-hybridized carbons (Fsp3) is 0.190. The van der Waals surface area contributed by atoms with Crippen molar-refractivity contribution in [3.8, 4) is 11.5 Å². The maximum absolute atomic E-state index is 13.0. The lowest BCUT2D eigenvalue weighted by Gasteiger charge is -2.19. The number of aromatic nitrogens is 1. The fourth-order valence-electron chi connectivity index (χ4n) is 3.35. The molecule has 2 aromatic carbocycles. The average Bonchev–Trinajstić information content (AvgIpc) is 3.40. The van der Waals surface area contributed by atoms with Crippen LogP contribution in [0.4, 0.5) is 16.5 Å². The van der Waals surface area contributed by atoms with Gasteiger partial charge in [0.1, 0.15) is 17.5 Å². The highest BCUT2D eigenvalue weighted by Crippen LogP contribution is 2.35. The van der Waals surface area contributed by atoms with Gasteiger partial charge in [-0.05, 0) is 36.4 Å². The average molecular weight is 489 g/mol. The molecule has 0 aliphatic carbocycles. The first kappa shape index (κ1) is 22.6. The first-order chi connectivity index (χ1) is 15.8. The molecule has 0 radical (unpaired) electrons. The Labute approximate surface area is 194 Å². The Morgan fingerprint density at radius 2 is 1.85 bits per heavy atom. The van der Waals surface area contributed by atoms with Gasteiger partial charge in [-0.15, -0.1) is 11.3 Å². The summed E-state index contributed by atoms with van der Waals surface area (Å²) in [6.07, 6.45) is 1.44. The van der Waals surface area contributed by atoms with Crippen LogP contribution in [0, 0.1) is 0 Å². The molecule has 2 heterocycles. The summed E-state index contributed by atoms with van der Waals surface area (Å²) in [5.74, 6) is 0.0427. The van der Waals surface area contributed by atoms with Gasteiger partial charge in [0, 0.05) is 23.3 Å². The van der Waals surface area contributed by atoms with Crippen LogP contribution < -0.4 is 24.4 Å². The molecule has 0 bridgehead atoms. The number of nitrogens with zero attached hydrogens (tertiary/aromatic N) is 2. The summed E-state index contributed by atoms with van der Waals surface area (Å²) in [7, 11) is -0.840. The first-order valence-electron chi connectivity index (χ1n) is 9.70. The van der Waals surface area contributed by atoms with Crippen LogP contribution in [-0.2, 0) is 19.6 Å². The molecular formula is C21H20N4O6S2. The van der Waals surface area contributed by atoms with Crippen LogP contribution in [0.1, 0.15) is 6.42 Å². The number of ether oxygens (including phenoxy) is 2. The molecule has 0 saturated carbocycles. The van der Waals surface area contributed by atoms with Crippen LogP contribution in [0.5, 0.6) is 11.5 Å². The highest BCUT2D eigenvalue weighted by atomic mass is 32.2. The molecule has 10 nitrogen and oxygen atoms in total. The van der Waals surface area contributed by atoms with Gasteiger partial charge in [-0.25, -0.2) is 18.3 Å². The third-order valence-electron chi connectivity index (χ3n) is 4.93. The van der Waals surface area contributed by atoms with Crippen molar-refractivity contribution in [2.45, 2.75) is 17.4 Å². The van der Waals surface area contributed by atoms with E-state index in [9.17, 15) is 18.0 Å². The normalized spacial score (nSPS) is 16.1. The van der Waals surface area contributed by atoms with Crippen molar-refractivity contribution >= 4 is 49.7 Å². The van der Waals surface area contributed by atoms with Crippen LogP contribution >= 0.6 is 11.3 Å². The number of rotatable bonds is 8. The van der Waals surface area contributed by atoms with Gasteiger partial charge in [-0.3, -0.25) is 14.3 Å². The van der Waals surface area contributed by atoms with Crippen LogP contribution in [0.15, 0.2) is 58.9 Å². The Hall–Kier alpha value is -3.64. The SMILES string of the molecule is COc1ccc(N2C(=O)CC(Nc3ccc(S(=O)(=O)Nc4nccs4)cc3)C2=O)c(OC)c1. The maximum Gasteiger partial charge on any atom is 0.263 e. The summed E-state index contributed by atoms with van der Waals surface area (Å²) in [4.78, 5) is 30.7. The zero-order chi connectivity index (χ0) is 23.6. The van der Waals surface area contributed by atoms with Gasteiger partial charge in [-0.2, -0.15) is 0 Å². The van der Waals surface area contributed by atoms with Gasteiger partial charge in [0.05, 0.1) is 31.2 Å². The number of sulfonamides is 1. The van der Waals surface area contributed by atoms with Gasteiger partial charge in [-0.1, -0.05) is 0 Å². The lowest BCUT2D eigenvalue weighted by atomic mass is 10.2. The number of amides is 2. The molecule has 172 valence electrons. The number of thiazole rings is 1. The van der Waals surface area contributed by atoms with E-state index in [1.807, 2.05) is 0 Å². The zero-order valence-corrected chi connectivity index (χ0v) is 19.3. The number of imide groups is 1. The fourth-order valence-corrected chi connectivity index (χ4v) is 5.14. The molecule has 1 fully saturated rings. The molecule has 12 heteroatoms. The Balaban J connectivity index is 1.49. The first-order valence-corrected chi connectivity index (χ1v) is 12.1. The summed E-state index contributed by atoms with van der Waals surface area (Å²) in [5.41, 5.74) is 0.824. The van der Waals surface area contributed by atoms with Crippen molar-refractivity contribution in [3.63, 3.8) is 0 Å². The molecule has 2 amide bonds. The number of hydrogen-bond donors (Lipinski definition) is 2. The Bertz CT molecular complexity index is 1280. The number of carbonyl (C=O) groups excluding carboxylic acids is 2. The molecule has 4 rings (SSSR count). The van der Waals surface area contributed by atoms with E-state index in [4.69, 9.17) is 9.47 Å². The second-order valence-corrected chi connectivity index (χ2v) is 9.55. The van der Waals surface area contributed by atoms with Crippen molar-refractivity contribution in [1.29, 1.82) is 0 Å². The Morgan fingerprint density at radius 3 is 2.48 bits per heavy atom. The van der Waals surface area contributed by atoms with E-state index in [2.05, 4.69) is 15.0 Å². The summed E-state index contributed by atoms with van der Waals surface area (Å²) in [6, 6.07) is 9.89. The van der Waals surface area contributed by atoms with E-state index in [0.717, 1.165) is 4.90 Å². The van der Waals surface area contributed by atoms with Gasteiger partial charge in [0.15, 0.2) is 5.13 Å². The quantitative estimate of drug-likeness (QED) is 0.464. The van der Waals surface area contributed by atoms with E-state index >= 15 is 0 Å². The lowest BCUT2D eigenvalue weighted by Crippen LogP contribution is -2.35. The monoisotopic (exact) mass is 488 g/mol. The van der Waals surface area contributed by atoms with Gasteiger partial charge in [0.2, 0.25) is 5.91 Å². The summed E-state index contributed by atoms with van der Waals surface area (Å²) < 4.78 is 37.8. The smallest absolute Gasteiger partial charge is 0.263 e. The number of carbonyl (C=O) groups is 2. The van der Waals surface area contributed by atoms with E-state index < -0.39 is 22.0 Å². The standard InChI is InChI=1S/C21H20N4O6S2/c1-30-14-5-8-17(18(11-14)31-2)25-19(26)12-16(20(25)27)23-13-3-6-15(7-4-13)33(28,29)24-21-22-9-10-32-21/h3-11,16,23H,12H2,1-2H3,(H,22,24). The Morgan fingerprint density at radius 1 is 1.09 bits per heavy atom. The van der Waals surface area contributed by atoms with Gasteiger partial charge < -0.3 is 14.8 Å². The molecule has 3 aromatic rings. The van der Waals surface area contributed by atoms with Gasteiger partial charge in [0.25, 0.3) is 15.9 Å². The summed E-state index contributed by atoms with van der Waals surface area (Å²) >= 11 is 1.17. The molecule has 0 spiro atoms. The Kier molecular flexibility index (Phi) is 6.20. The molecule has 1 atom stereocenters. The number of hydrogen-bond acceptors (Lipinski definition) is 9. The third kappa shape index (κ3) is 4.61. The lowest BCUT2D eigenvalue weighted by molar-refractivity contribution is -0.121. The van der Waals surface area contributed by atoms with Crippen LogP contribution in [-0.4, -0.2) is 45.5 Å². The molecule has 1 saturated heterocycles. The number of benzene rings is 2. The minimum Gasteiger partial charge on any atom is -0.497 e. The molecule has 1 aromatic heterocycles. The molecule has 2 N–H and O–H groups in total. The molecular weight excluding hydrogens is 468 g/mol. The van der Waals surface area contributed by atoms with E-state index in [1.165, 1.54) is 56.0 Å². The van der Waals surface area contributed by atoms with Crippen molar-refractivity contribution in [1.82, 2.24) is 4.98 Å². The minimum atomic E-state index is -3.79. The minimum absolute atomic E-state index is 0.0432. The van der Waals surface area contributed by atoms with Crippen molar-refractivity contribution in [3.05, 3.63) is 54.0 Å². The highest BCUT2D eigenvalue weighted by molar-refractivity contribution is 7.93. The molecule has 33 heavy (non-hydrogen) atoms. The predicted octanol–water partition coefficient (Wildman–Crippen LogP) is 2.71. The van der Waals surface area contributed by atoms with Gasteiger partial charge >= 0.3 is 0 Å².